The van der Waals surface area contributed by atoms with Crippen LogP contribution in [0.3, 0.4) is 0 Å². The van der Waals surface area contributed by atoms with Crippen molar-refractivity contribution in [2.24, 2.45) is 0 Å². The lowest BCUT2D eigenvalue weighted by molar-refractivity contribution is -0.134. The Kier molecular flexibility index (Phi) is 3.41. The molecule has 0 atom stereocenters. The molecule has 0 fully saturated rings. The molecule has 2 heterocycles. The van der Waals surface area contributed by atoms with Crippen LogP contribution < -0.4 is 4.74 Å². The van der Waals surface area contributed by atoms with Crippen LogP contribution in [0.25, 0.3) is 0 Å². The second-order valence-corrected chi connectivity index (χ2v) is 4.95. The Labute approximate surface area is 117 Å². The number of ether oxygens (including phenoxy) is 1. The highest BCUT2D eigenvalue weighted by Crippen LogP contribution is 2.18. The van der Waals surface area contributed by atoms with Crippen molar-refractivity contribution < 1.29 is 9.53 Å². The molecular formula is C15H17N3O2. The van der Waals surface area contributed by atoms with Crippen molar-refractivity contribution in [1.82, 2.24) is 14.9 Å². The number of carbonyl (C=O) groups excluding carboxylic acids is 1. The molecule has 0 saturated carbocycles. The van der Waals surface area contributed by atoms with Gasteiger partial charge in [-0.1, -0.05) is 18.2 Å². The van der Waals surface area contributed by atoms with Crippen LogP contribution in [0.1, 0.15) is 17.0 Å². The molecule has 5 nitrogen and oxygen atoms in total. The third-order valence-corrected chi connectivity index (χ3v) is 3.57. The third-order valence-electron chi connectivity index (χ3n) is 3.57. The van der Waals surface area contributed by atoms with Crippen molar-refractivity contribution in [2.45, 2.75) is 19.9 Å². The number of hydrogen-bond donors (Lipinski definition) is 1. The van der Waals surface area contributed by atoms with Gasteiger partial charge >= 0.3 is 0 Å². The van der Waals surface area contributed by atoms with E-state index in [1.807, 2.05) is 31.2 Å². The van der Waals surface area contributed by atoms with E-state index in [1.54, 1.807) is 11.2 Å². The smallest absolute Gasteiger partial charge is 0.260 e. The Hall–Kier alpha value is -2.30. The standard InChI is InChI=1S/C15H17N3O2/c1-11-4-2-3-5-14(11)20-9-15(19)18-7-6-12-13(8-18)17-10-16-12/h2-5,10H,6-9H2,1H3,(H,16,17). The molecule has 1 aliphatic rings. The number of carbonyl (C=O) groups is 1. The Morgan fingerprint density at radius 3 is 3.15 bits per heavy atom. The minimum absolute atomic E-state index is 0.00787. The summed E-state index contributed by atoms with van der Waals surface area (Å²) in [5, 5.41) is 0. The van der Waals surface area contributed by atoms with E-state index in [-0.39, 0.29) is 12.5 Å². The van der Waals surface area contributed by atoms with E-state index in [4.69, 9.17) is 4.74 Å². The van der Waals surface area contributed by atoms with Crippen LogP contribution in [0.5, 0.6) is 5.75 Å². The summed E-state index contributed by atoms with van der Waals surface area (Å²) in [6.45, 7) is 3.34. The van der Waals surface area contributed by atoms with Crippen LogP contribution >= 0.6 is 0 Å². The lowest BCUT2D eigenvalue weighted by Gasteiger charge is -2.26. The predicted octanol–water partition coefficient (Wildman–Crippen LogP) is 1.68. The number of rotatable bonds is 3. The minimum atomic E-state index is 0.00787. The minimum Gasteiger partial charge on any atom is -0.484 e. The molecule has 0 saturated heterocycles. The fourth-order valence-electron chi connectivity index (χ4n) is 2.37. The first kappa shape index (κ1) is 12.7. The molecule has 1 N–H and O–H groups in total. The van der Waals surface area contributed by atoms with Gasteiger partial charge in [-0.2, -0.15) is 0 Å². The lowest BCUT2D eigenvalue weighted by Crippen LogP contribution is -2.38. The van der Waals surface area contributed by atoms with E-state index < -0.39 is 0 Å². The highest BCUT2D eigenvalue weighted by Gasteiger charge is 2.22. The molecule has 0 unspecified atom stereocenters. The highest BCUT2D eigenvalue weighted by atomic mass is 16.5. The van der Waals surface area contributed by atoms with Crippen molar-refractivity contribution in [3.8, 4) is 5.75 Å². The van der Waals surface area contributed by atoms with Gasteiger partial charge in [0.2, 0.25) is 0 Å². The summed E-state index contributed by atoms with van der Waals surface area (Å²) in [6, 6.07) is 7.71. The van der Waals surface area contributed by atoms with Gasteiger partial charge in [0.1, 0.15) is 5.75 Å². The molecule has 1 amide bonds. The van der Waals surface area contributed by atoms with Gasteiger partial charge in [-0.3, -0.25) is 4.79 Å². The second-order valence-electron chi connectivity index (χ2n) is 4.95. The highest BCUT2D eigenvalue weighted by molar-refractivity contribution is 5.78. The number of nitrogens with zero attached hydrogens (tertiary/aromatic N) is 2. The van der Waals surface area contributed by atoms with Crippen LogP contribution in [0.4, 0.5) is 0 Å². The summed E-state index contributed by atoms with van der Waals surface area (Å²) < 4.78 is 5.60. The molecule has 0 spiro atoms. The van der Waals surface area contributed by atoms with E-state index in [2.05, 4.69) is 9.97 Å². The fourth-order valence-corrected chi connectivity index (χ4v) is 2.37. The van der Waals surface area contributed by atoms with Gasteiger partial charge in [-0.15, -0.1) is 0 Å². The maximum atomic E-state index is 12.2. The van der Waals surface area contributed by atoms with Gasteiger partial charge in [0.25, 0.3) is 5.91 Å². The van der Waals surface area contributed by atoms with Crippen LogP contribution in [-0.4, -0.2) is 33.9 Å². The van der Waals surface area contributed by atoms with Crippen molar-refractivity contribution in [3.63, 3.8) is 0 Å². The number of fused-ring (bicyclic) bond motifs is 1. The number of H-pyrrole nitrogens is 1. The summed E-state index contributed by atoms with van der Waals surface area (Å²) in [5.41, 5.74) is 3.13. The quantitative estimate of drug-likeness (QED) is 0.924. The summed E-state index contributed by atoms with van der Waals surface area (Å²) >= 11 is 0. The van der Waals surface area contributed by atoms with Crippen molar-refractivity contribution in [3.05, 3.63) is 47.5 Å². The average molecular weight is 271 g/mol. The third kappa shape index (κ3) is 2.52. The number of aromatic nitrogens is 2. The zero-order valence-electron chi connectivity index (χ0n) is 11.4. The van der Waals surface area contributed by atoms with E-state index in [0.29, 0.717) is 13.1 Å². The number of nitrogens with one attached hydrogen (secondary N) is 1. The SMILES string of the molecule is Cc1ccccc1OCC(=O)N1CCc2nc[nH]c2C1. The predicted molar refractivity (Wildman–Crippen MR) is 74.4 cm³/mol. The van der Waals surface area contributed by atoms with Gasteiger partial charge < -0.3 is 14.6 Å². The first-order valence-corrected chi connectivity index (χ1v) is 6.71. The number of hydrogen-bond acceptors (Lipinski definition) is 3. The maximum absolute atomic E-state index is 12.2. The van der Waals surface area contributed by atoms with Crippen LogP contribution in [0.15, 0.2) is 30.6 Å². The molecule has 1 aliphatic heterocycles. The van der Waals surface area contributed by atoms with E-state index >= 15 is 0 Å². The number of para-hydroxylation sites is 1. The lowest BCUT2D eigenvalue weighted by atomic mass is 10.1. The molecule has 0 bridgehead atoms. The molecule has 104 valence electrons. The van der Waals surface area contributed by atoms with Gasteiger partial charge in [0.05, 0.1) is 24.3 Å². The summed E-state index contributed by atoms with van der Waals surface area (Å²) in [6.07, 6.45) is 2.48. The molecule has 20 heavy (non-hydrogen) atoms. The van der Waals surface area contributed by atoms with Crippen molar-refractivity contribution >= 4 is 5.91 Å². The molecule has 0 radical (unpaired) electrons. The number of amides is 1. The van der Waals surface area contributed by atoms with Crippen molar-refractivity contribution in [1.29, 1.82) is 0 Å². The maximum Gasteiger partial charge on any atom is 0.260 e. The molecule has 2 aromatic rings. The molecule has 3 rings (SSSR count). The van der Waals surface area contributed by atoms with E-state index in [9.17, 15) is 4.79 Å². The number of aryl methyl sites for hydroxylation is 1. The summed E-state index contributed by atoms with van der Waals surface area (Å²) in [7, 11) is 0. The molecular weight excluding hydrogens is 254 g/mol. The Morgan fingerprint density at radius 1 is 1.45 bits per heavy atom. The van der Waals surface area contributed by atoms with Gasteiger partial charge in [-0.05, 0) is 18.6 Å². The first-order valence-electron chi connectivity index (χ1n) is 6.71. The molecule has 0 aliphatic carbocycles. The topological polar surface area (TPSA) is 58.2 Å². The summed E-state index contributed by atoms with van der Waals surface area (Å²) in [5.74, 6) is 0.772. The van der Waals surface area contributed by atoms with Gasteiger partial charge in [0, 0.05) is 13.0 Å². The number of imidazole rings is 1. The molecule has 5 heteroatoms. The van der Waals surface area contributed by atoms with Gasteiger partial charge in [0.15, 0.2) is 6.61 Å². The van der Waals surface area contributed by atoms with Crippen molar-refractivity contribution in [2.75, 3.05) is 13.2 Å². The number of benzene rings is 1. The van der Waals surface area contributed by atoms with Gasteiger partial charge in [-0.25, -0.2) is 4.98 Å². The average Bonchev–Trinajstić information content (AvgIpc) is 2.93. The normalized spacial score (nSPS) is 13.9. The zero-order chi connectivity index (χ0) is 13.9. The van der Waals surface area contributed by atoms with E-state index in [1.165, 1.54) is 0 Å². The fraction of sp³-hybridized carbons (Fsp3) is 0.333. The Balaban J connectivity index is 1.59. The first-order chi connectivity index (χ1) is 9.74. The van der Waals surface area contributed by atoms with Crippen LogP contribution in [-0.2, 0) is 17.8 Å². The van der Waals surface area contributed by atoms with E-state index in [0.717, 1.165) is 29.1 Å². The Morgan fingerprint density at radius 2 is 2.30 bits per heavy atom. The monoisotopic (exact) mass is 271 g/mol. The largest absolute Gasteiger partial charge is 0.484 e. The molecule has 1 aromatic heterocycles. The second kappa shape index (κ2) is 5.36. The molecule has 1 aromatic carbocycles. The zero-order valence-corrected chi connectivity index (χ0v) is 11.4. The summed E-state index contributed by atoms with van der Waals surface area (Å²) in [4.78, 5) is 21.3. The van der Waals surface area contributed by atoms with Crippen LogP contribution in [0, 0.1) is 6.92 Å². The van der Waals surface area contributed by atoms with Crippen LogP contribution in [0.2, 0.25) is 0 Å². The Bertz CT molecular complexity index is 621. The number of aromatic amines is 1.